The van der Waals surface area contributed by atoms with Gasteiger partial charge in [0, 0.05) is 65.1 Å². The minimum Gasteiger partial charge on any atom is -0.355 e. The fourth-order valence-electron chi connectivity index (χ4n) is 4.50. The number of aromatic nitrogens is 3. The largest absolute Gasteiger partial charge is 0.355 e. The van der Waals surface area contributed by atoms with E-state index in [1.165, 1.54) is 0 Å². The van der Waals surface area contributed by atoms with Gasteiger partial charge in [-0.25, -0.2) is 9.97 Å². The summed E-state index contributed by atoms with van der Waals surface area (Å²) in [6.07, 6.45) is 3.39. The predicted molar refractivity (Wildman–Crippen MR) is 121 cm³/mol. The monoisotopic (exact) mass is 427 g/mol. The van der Waals surface area contributed by atoms with E-state index in [0.717, 1.165) is 52.1 Å². The fourth-order valence-corrected chi connectivity index (χ4v) is 4.50. The molecule has 1 unspecified atom stereocenters. The van der Waals surface area contributed by atoms with Crippen molar-refractivity contribution in [3.8, 4) is 0 Å². The second-order valence-electron chi connectivity index (χ2n) is 8.55. The highest BCUT2D eigenvalue weighted by Gasteiger charge is 2.28. The zero-order valence-electron chi connectivity index (χ0n) is 18.6. The Hall–Kier alpha value is -2.52. The summed E-state index contributed by atoms with van der Waals surface area (Å²) in [4.78, 5) is 41.5. The van der Waals surface area contributed by atoms with Crippen LogP contribution in [-0.2, 0) is 11.3 Å². The molecule has 2 aliphatic rings. The van der Waals surface area contributed by atoms with Crippen LogP contribution in [-0.4, -0.2) is 89.6 Å². The number of fused-ring (bicyclic) bond motifs is 1. The molecule has 0 bridgehead atoms. The molecule has 4 heterocycles. The van der Waals surface area contributed by atoms with Crippen LogP contribution in [0.15, 0.2) is 23.1 Å². The van der Waals surface area contributed by atoms with E-state index >= 15 is 0 Å². The third kappa shape index (κ3) is 4.88. The topological polar surface area (TPSA) is 86.6 Å². The van der Waals surface area contributed by atoms with Gasteiger partial charge in [-0.2, -0.15) is 0 Å². The van der Waals surface area contributed by atoms with E-state index < -0.39 is 0 Å². The number of likely N-dealkylation sites (N-methyl/N-ethyl adjacent to an activating group) is 1. The van der Waals surface area contributed by atoms with Crippen LogP contribution >= 0.6 is 0 Å². The van der Waals surface area contributed by atoms with Gasteiger partial charge in [0.2, 0.25) is 5.91 Å². The van der Waals surface area contributed by atoms with E-state index in [1.54, 1.807) is 10.8 Å². The molecule has 2 aromatic rings. The van der Waals surface area contributed by atoms with Crippen molar-refractivity contribution in [1.82, 2.24) is 29.7 Å². The lowest BCUT2D eigenvalue weighted by Gasteiger charge is -2.34. The summed E-state index contributed by atoms with van der Waals surface area (Å²) in [6, 6.07) is 3.71. The standard InChI is InChI=1S/C22H33N7O2/c1-3-29-19-18(7-4-8-23-19)25-20(22(29)31)28-10-5-6-17(16-28)21(30)24-9-11-27-14-12-26(2)13-15-27/h4,7-8,17H,3,5-6,9-16H2,1-2H3,(H,24,30). The summed E-state index contributed by atoms with van der Waals surface area (Å²) in [7, 11) is 2.14. The second-order valence-corrected chi connectivity index (χ2v) is 8.55. The average molecular weight is 428 g/mol. The maximum atomic E-state index is 13.1. The predicted octanol–water partition coefficient (Wildman–Crippen LogP) is 0.391. The Bertz CT molecular complexity index is 968. The first-order valence-corrected chi connectivity index (χ1v) is 11.4. The Morgan fingerprint density at radius 3 is 2.81 bits per heavy atom. The van der Waals surface area contributed by atoms with Crippen LogP contribution in [0.25, 0.3) is 11.2 Å². The molecular weight excluding hydrogens is 394 g/mol. The highest BCUT2D eigenvalue weighted by molar-refractivity contribution is 5.79. The number of piperazine rings is 1. The summed E-state index contributed by atoms with van der Waals surface area (Å²) in [5.74, 6) is 0.386. The Balaban J connectivity index is 1.40. The van der Waals surface area contributed by atoms with Crippen LogP contribution in [0.1, 0.15) is 19.8 Å². The number of nitrogens with zero attached hydrogens (tertiary/aromatic N) is 6. The van der Waals surface area contributed by atoms with Crippen molar-refractivity contribution in [2.75, 3.05) is 64.3 Å². The lowest BCUT2D eigenvalue weighted by atomic mass is 9.97. The summed E-state index contributed by atoms with van der Waals surface area (Å²) in [5.41, 5.74) is 1.18. The van der Waals surface area contributed by atoms with Crippen LogP contribution in [0, 0.1) is 5.92 Å². The molecule has 2 aliphatic heterocycles. The lowest BCUT2D eigenvalue weighted by Crippen LogP contribution is -2.49. The molecule has 2 fully saturated rings. The van der Waals surface area contributed by atoms with Gasteiger partial charge in [-0.05, 0) is 38.9 Å². The van der Waals surface area contributed by atoms with Gasteiger partial charge in [0.15, 0.2) is 11.5 Å². The molecule has 0 spiro atoms. The summed E-state index contributed by atoms with van der Waals surface area (Å²) in [6.45, 7) is 9.55. The summed E-state index contributed by atoms with van der Waals surface area (Å²) in [5, 5.41) is 3.12. The third-order valence-electron chi connectivity index (χ3n) is 6.42. The van der Waals surface area contributed by atoms with Gasteiger partial charge in [-0.15, -0.1) is 0 Å². The number of amides is 1. The van der Waals surface area contributed by atoms with Gasteiger partial charge in [0.25, 0.3) is 5.56 Å². The zero-order chi connectivity index (χ0) is 21.8. The quantitative estimate of drug-likeness (QED) is 0.714. The smallest absolute Gasteiger partial charge is 0.295 e. The maximum absolute atomic E-state index is 13.1. The molecule has 9 heteroatoms. The molecule has 4 rings (SSSR count). The lowest BCUT2D eigenvalue weighted by molar-refractivity contribution is -0.125. The maximum Gasteiger partial charge on any atom is 0.295 e. The number of aryl methyl sites for hydroxylation is 1. The first kappa shape index (κ1) is 21.7. The number of carbonyl (C=O) groups is 1. The highest BCUT2D eigenvalue weighted by atomic mass is 16.2. The molecule has 2 aromatic heterocycles. The van der Waals surface area contributed by atoms with Crippen molar-refractivity contribution < 1.29 is 4.79 Å². The van der Waals surface area contributed by atoms with Crippen LogP contribution in [0.3, 0.4) is 0 Å². The van der Waals surface area contributed by atoms with Gasteiger partial charge in [0.1, 0.15) is 5.52 Å². The van der Waals surface area contributed by atoms with E-state index in [0.29, 0.717) is 36.6 Å². The van der Waals surface area contributed by atoms with E-state index in [1.807, 2.05) is 24.0 Å². The van der Waals surface area contributed by atoms with E-state index in [2.05, 4.69) is 32.1 Å². The van der Waals surface area contributed by atoms with Crippen molar-refractivity contribution >= 4 is 22.9 Å². The molecule has 0 aliphatic carbocycles. The van der Waals surface area contributed by atoms with E-state index in [4.69, 9.17) is 0 Å². The second kappa shape index (κ2) is 9.74. The van der Waals surface area contributed by atoms with Gasteiger partial charge in [0.05, 0.1) is 5.92 Å². The molecule has 0 saturated carbocycles. The molecule has 9 nitrogen and oxygen atoms in total. The van der Waals surface area contributed by atoms with Gasteiger partial charge < -0.3 is 15.1 Å². The Morgan fingerprint density at radius 1 is 1.23 bits per heavy atom. The number of hydrogen-bond donors (Lipinski definition) is 1. The van der Waals surface area contributed by atoms with Gasteiger partial charge in [-0.3, -0.25) is 19.1 Å². The SMILES string of the molecule is CCn1c(=O)c(N2CCCC(C(=O)NCCN3CCN(C)CC3)C2)nc2cccnc21. The van der Waals surface area contributed by atoms with Crippen molar-refractivity contribution in [3.63, 3.8) is 0 Å². The van der Waals surface area contributed by atoms with Gasteiger partial charge in [-0.1, -0.05) is 0 Å². The number of pyridine rings is 1. The molecular formula is C22H33N7O2. The normalized spacial score (nSPS) is 20.8. The molecule has 2 saturated heterocycles. The number of rotatable bonds is 6. The Labute approximate surface area is 183 Å². The first-order valence-electron chi connectivity index (χ1n) is 11.4. The Kier molecular flexibility index (Phi) is 6.82. The highest BCUT2D eigenvalue weighted by Crippen LogP contribution is 2.21. The first-order chi connectivity index (χ1) is 15.1. The minimum atomic E-state index is -0.134. The third-order valence-corrected chi connectivity index (χ3v) is 6.42. The number of anilines is 1. The van der Waals surface area contributed by atoms with E-state index in [-0.39, 0.29) is 17.4 Å². The van der Waals surface area contributed by atoms with Gasteiger partial charge >= 0.3 is 0 Å². The van der Waals surface area contributed by atoms with Crippen molar-refractivity contribution in [2.24, 2.45) is 5.92 Å². The van der Waals surface area contributed by atoms with Crippen LogP contribution in [0.2, 0.25) is 0 Å². The molecule has 1 amide bonds. The summed E-state index contributed by atoms with van der Waals surface area (Å²) < 4.78 is 1.66. The van der Waals surface area contributed by atoms with Crippen molar-refractivity contribution in [2.45, 2.75) is 26.3 Å². The van der Waals surface area contributed by atoms with Crippen LogP contribution in [0.4, 0.5) is 5.82 Å². The number of nitrogens with one attached hydrogen (secondary N) is 1. The number of hydrogen-bond acceptors (Lipinski definition) is 7. The minimum absolute atomic E-state index is 0.0806. The summed E-state index contributed by atoms with van der Waals surface area (Å²) >= 11 is 0. The zero-order valence-corrected chi connectivity index (χ0v) is 18.6. The average Bonchev–Trinajstić information content (AvgIpc) is 2.80. The van der Waals surface area contributed by atoms with Crippen molar-refractivity contribution in [1.29, 1.82) is 0 Å². The number of carbonyl (C=O) groups excluding carboxylic acids is 1. The van der Waals surface area contributed by atoms with Crippen LogP contribution in [0.5, 0.6) is 0 Å². The Morgan fingerprint density at radius 2 is 2.03 bits per heavy atom. The van der Waals surface area contributed by atoms with Crippen LogP contribution < -0.4 is 15.8 Å². The molecule has 31 heavy (non-hydrogen) atoms. The molecule has 168 valence electrons. The molecule has 1 atom stereocenters. The molecule has 0 aromatic carbocycles. The van der Waals surface area contributed by atoms with Crippen molar-refractivity contribution in [3.05, 3.63) is 28.7 Å². The molecule has 0 radical (unpaired) electrons. The fraction of sp³-hybridized carbons (Fsp3) is 0.636. The van der Waals surface area contributed by atoms with E-state index in [9.17, 15) is 9.59 Å². The molecule has 1 N–H and O–H groups in total. The number of piperidine rings is 1.